The summed E-state index contributed by atoms with van der Waals surface area (Å²) in [5, 5.41) is 4.31. The molecule has 0 aliphatic carbocycles. The fourth-order valence-electron chi connectivity index (χ4n) is 3.58. The molecule has 3 heterocycles. The Hall–Kier alpha value is -1.45. The first-order valence-electron chi connectivity index (χ1n) is 7.40. The van der Waals surface area contributed by atoms with Crippen molar-refractivity contribution in [3.05, 3.63) is 17.5 Å². The number of carbonyl (C=O) groups is 2. The maximum Gasteiger partial charge on any atom is 0.252 e. The topological polar surface area (TPSA) is 86.8 Å². The summed E-state index contributed by atoms with van der Waals surface area (Å²) in [6.07, 6.45) is 0.500. The van der Waals surface area contributed by atoms with E-state index < -0.39 is 16.1 Å². The third-order valence-electron chi connectivity index (χ3n) is 4.59. The Labute approximate surface area is 139 Å². The van der Waals surface area contributed by atoms with Crippen LogP contribution in [0.5, 0.6) is 0 Å². The maximum absolute atomic E-state index is 12.6. The largest absolute Gasteiger partial charge is 0.357 e. The molecular formula is C14H19N3O4S2. The van der Waals surface area contributed by atoms with Crippen LogP contribution < -0.4 is 5.32 Å². The van der Waals surface area contributed by atoms with Crippen LogP contribution >= 0.6 is 11.3 Å². The van der Waals surface area contributed by atoms with Crippen LogP contribution in [0.1, 0.15) is 13.3 Å². The molecule has 7 nitrogen and oxygen atoms in total. The second kappa shape index (κ2) is 5.88. The van der Waals surface area contributed by atoms with E-state index in [4.69, 9.17) is 0 Å². The highest BCUT2D eigenvalue weighted by atomic mass is 32.2. The van der Waals surface area contributed by atoms with Crippen LogP contribution in [0.15, 0.2) is 21.7 Å². The third-order valence-corrected chi connectivity index (χ3v) is 7.80. The van der Waals surface area contributed by atoms with E-state index in [-0.39, 0.29) is 30.3 Å². The molecular weight excluding hydrogens is 338 g/mol. The lowest BCUT2D eigenvalue weighted by molar-refractivity contribution is -0.138. The molecule has 2 saturated heterocycles. The van der Waals surface area contributed by atoms with Gasteiger partial charge in [0.05, 0.1) is 6.04 Å². The summed E-state index contributed by atoms with van der Waals surface area (Å²) in [6, 6.07) is 2.56. The van der Waals surface area contributed by atoms with E-state index in [9.17, 15) is 18.0 Å². The van der Waals surface area contributed by atoms with Crippen molar-refractivity contribution >= 4 is 33.2 Å². The van der Waals surface area contributed by atoms with Crippen LogP contribution in [0.4, 0.5) is 0 Å². The molecule has 1 aromatic rings. The number of nitrogens with one attached hydrogen (secondary N) is 1. The highest BCUT2D eigenvalue weighted by molar-refractivity contribution is 7.91. The first-order chi connectivity index (χ1) is 10.9. The summed E-state index contributed by atoms with van der Waals surface area (Å²) in [6.45, 7) is 2.02. The minimum atomic E-state index is -3.52. The number of amides is 2. The van der Waals surface area contributed by atoms with Crippen LogP contribution in [-0.2, 0) is 19.6 Å². The second-order valence-electron chi connectivity index (χ2n) is 5.87. The molecule has 3 rings (SSSR count). The van der Waals surface area contributed by atoms with Crippen molar-refractivity contribution < 1.29 is 18.0 Å². The fraction of sp³-hybridized carbons (Fsp3) is 0.571. The average Bonchev–Trinajstić information content (AvgIpc) is 3.20. The maximum atomic E-state index is 12.6. The van der Waals surface area contributed by atoms with Gasteiger partial charge in [-0.15, -0.1) is 11.3 Å². The smallest absolute Gasteiger partial charge is 0.252 e. The zero-order valence-corrected chi connectivity index (χ0v) is 14.6. The number of likely N-dealkylation sites (N-methyl/N-ethyl adjacent to an activating group) is 1. The minimum absolute atomic E-state index is 0.00376. The molecule has 1 N–H and O–H groups in total. The summed E-state index contributed by atoms with van der Waals surface area (Å²) in [7, 11) is -1.97. The van der Waals surface area contributed by atoms with Gasteiger partial charge in [0.2, 0.25) is 11.8 Å². The normalized spacial score (nSPS) is 27.9. The summed E-state index contributed by atoms with van der Waals surface area (Å²) in [5.41, 5.74) is 0. The van der Waals surface area contributed by atoms with Crippen molar-refractivity contribution in [1.29, 1.82) is 0 Å². The van der Waals surface area contributed by atoms with Crippen molar-refractivity contribution in [3.63, 3.8) is 0 Å². The van der Waals surface area contributed by atoms with Gasteiger partial charge in [-0.1, -0.05) is 6.07 Å². The Balaban J connectivity index is 1.83. The summed E-state index contributed by atoms with van der Waals surface area (Å²) < 4.78 is 27.0. The lowest BCUT2D eigenvalue weighted by atomic mass is 10.0. The number of sulfonamides is 1. The van der Waals surface area contributed by atoms with Crippen molar-refractivity contribution in [2.24, 2.45) is 5.92 Å². The van der Waals surface area contributed by atoms with E-state index in [1.807, 2.05) is 0 Å². The van der Waals surface area contributed by atoms with Crippen LogP contribution in [-0.4, -0.2) is 61.7 Å². The summed E-state index contributed by atoms with van der Waals surface area (Å²) in [5.74, 6) is -0.389. The summed E-state index contributed by atoms with van der Waals surface area (Å²) >= 11 is 1.19. The van der Waals surface area contributed by atoms with Crippen LogP contribution in [0.2, 0.25) is 0 Å². The van der Waals surface area contributed by atoms with Crippen LogP contribution in [0.25, 0.3) is 0 Å². The van der Waals surface area contributed by atoms with Gasteiger partial charge in [-0.2, -0.15) is 4.31 Å². The number of thiophene rings is 1. The fourth-order valence-corrected chi connectivity index (χ4v) is 6.24. The molecule has 0 aromatic carbocycles. The Bertz CT molecular complexity index is 716. The van der Waals surface area contributed by atoms with E-state index >= 15 is 0 Å². The zero-order valence-electron chi connectivity index (χ0n) is 12.9. The summed E-state index contributed by atoms with van der Waals surface area (Å²) in [4.78, 5) is 25.5. The highest BCUT2D eigenvalue weighted by Crippen LogP contribution is 2.38. The van der Waals surface area contributed by atoms with Crippen LogP contribution in [0.3, 0.4) is 0 Å². The molecule has 0 unspecified atom stereocenters. The quantitative estimate of drug-likeness (QED) is 0.831. The average molecular weight is 357 g/mol. The molecule has 126 valence electrons. The minimum Gasteiger partial charge on any atom is -0.357 e. The van der Waals surface area contributed by atoms with Crippen molar-refractivity contribution in [1.82, 2.24) is 14.5 Å². The second-order valence-corrected chi connectivity index (χ2v) is 8.99. The SMILES string of the molecule is CNC(=O)[C@@H]1C[C@H]2CN(S(=O)(=O)c3cccs3)C[C@H]2N1C(C)=O. The van der Waals surface area contributed by atoms with Gasteiger partial charge < -0.3 is 10.2 Å². The Morgan fingerprint density at radius 1 is 1.35 bits per heavy atom. The standard InChI is InChI=1S/C14H19N3O4S2/c1-9(18)17-11(14(19)15-2)6-10-7-16(8-12(10)17)23(20,21)13-4-3-5-22-13/h3-5,10-12H,6-8H2,1-2H3,(H,15,19)/t10-,11-,12+/m0/s1. The van der Waals surface area contributed by atoms with Gasteiger partial charge in [-0.3, -0.25) is 9.59 Å². The van der Waals surface area contributed by atoms with Crippen molar-refractivity contribution in [3.8, 4) is 0 Å². The van der Waals surface area contributed by atoms with Crippen molar-refractivity contribution in [2.45, 2.75) is 29.6 Å². The number of hydrogen-bond donors (Lipinski definition) is 1. The third kappa shape index (κ3) is 2.66. The molecule has 2 aliphatic rings. The number of rotatable bonds is 3. The molecule has 2 amide bonds. The molecule has 9 heteroatoms. The lowest BCUT2D eigenvalue weighted by Gasteiger charge is -2.28. The molecule has 0 radical (unpaired) electrons. The number of likely N-dealkylation sites (tertiary alicyclic amines) is 1. The Morgan fingerprint density at radius 3 is 2.65 bits per heavy atom. The predicted octanol–water partition coefficient (Wildman–Crippen LogP) is 0.104. The van der Waals surface area contributed by atoms with E-state index in [2.05, 4.69) is 5.32 Å². The van der Waals surface area contributed by atoms with Gasteiger partial charge >= 0.3 is 0 Å². The molecule has 0 saturated carbocycles. The Morgan fingerprint density at radius 2 is 2.09 bits per heavy atom. The molecule has 0 bridgehead atoms. The van der Waals surface area contributed by atoms with Gasteiger partial charge in [0.25, 0.3) is 10.0 Å². The number of fused-ring (bicyclic) bond motifs is 1. The highest BCUT2D eigenvalue weighted by Gasteiger charge is 2.52. The Kier molecular flexibility index (Phi) is 4.19. The van der Waals surface area contributed by atoms with E-state index in [1.54, 1.807) is 29.5 Å². The molecule has 3 atom stereocenters. The number of hydrogen-bond acceptors (Lipinski definition) is 5. The number of nitrogens with zero attached hydrogens (tertiary/aromatic N) is 2. The lowest BCUT2D eigenvalue weighted by Crippen LogP contribution is -2.49. The first-order valence-corrected chi connectivity index (χ1v) is 9.72. The predicted molar refractivity (Wildman–Crippen MR) is 85.3 cm³/mol. The molecule has 0 spiro atoms. The first kappa shape index (κ1) is 16.4. The van der Waals surface area contributed by atoms with E-state index in [0.717, 1.165) is 0 Å². The molecule has 1 aromatic heterocycles. The molecule has 2 aliphatic heterocycles. The van der Waals surface area contributed by atoms with Crippen molar-refractivity contribution in [2.75, 3.05) is 20.1 Å². The van der Waals surface area contributed by atoms with Gasteiger partial charge in [-0.25, -0.2) is 8.42 Å². The molecule has 2 fully saturated rings. The van der Waals surface area contributed by atoms with E-state index in [0.29, 0.717) is 17.2 Å². The zero-order chi connectivity index (χ0) is 16.8. The number of carbonyl (C=O) groups excluding carboxylic acids is 2. The van der Waals surface area contributed by atoms with Gasteiger partial charge in [0, 0.05) is 27.1 Å². The van der Waals surface area contributed by atoms with Crippen LogP contribution in [0, 0.1) is 5.92 Å². The van der Waals surface area contributed by atoms with Gasteiger partial charge in [0.1, 0.15) is 10.3 Å². The van der Waals surface area contributed by atoms with Gasteiger partial charge in [-0.05, 0) is 23.8 Å². The monoisotopic (exact) mass is 357 g/mol. The van der Waals surface area contributed by atoms with Gasteiger partial charge in [0.15, 0.2) is 0 Å². The van der Waals surface area contributed by atoms with E-state index in [1.165, 1.54) is 22.6 Å². The molecule has 23 heavy (non-hydrogen) atoms.